The molecule has 0 saturated carbocycles. The molecule has 2 saturated heterocycles. The van der Waals surface area contributed by atoms with Crippen LogP contribution in [0.1, 0.15) is 120 Å². The van der Waals surface area contributed by atoms with Crippen molar-refractivity contribution in [2.75, 3.05) is 39.8 Å². The summed E-state index contributed by atoms with van der Waals surface area (Å²) in [7, 11) is -7.92. The Labute approximate surface area is 483 Å². The van der Waals surface area contributed by atoms with Crippen LogP contribution in [-0.2, 0) is 62.5 Å². The van der Waals surface area contributed by atoms with Gasteiger partial charge in [0.15, 0.2) is 11.6 Å². The van der Waals surface area contributed by atoms with Crippen molar-refractivity contribution >= 4 is 101 Å². The Bertz CT molecular complexity index is 2870. The third kappa shape index (κ3) is 24.3. The number of fused-ring (bicyclic) bond motifs is 2. The van der Waals surface area contributed by atoms with Crippen molar-refractivity contribution in [1.29, 1.82) is 0 Å². The molecule has 6 atom stereocenters. The van der Waals surface area contributed by atoms with Crippen LogP contribution in [0.25, 0.3) is 21.8 Å². The first-order valence-corrected chi connectivity index (χ1v) is 31.6. The van der Waals surface area contributed by atoms with Gasteiger partial charge in [0.2, 0.25) is 23.6 Å². The summed E-state index contributed by atoms with van der Waals surface area (Å²) < 4.78 is 51.1. The molecule has 4 amide bonds. The number of aromatic amines is 2. The minimum Gasteiger partial charge on any atom is -0.496 e. The van der Waals surface area contributed by atoms with Crippen LogP contribution in [0.4, 0.5) is 0 Å². The molecular weight excluding hydrogens is 1150 g/mol. The van der Waals surface area contributed by atoms with E-state index < -0.39 is 86.0 Å². The molecule has 2 aliphatic rings. The van der Waals surface area contributed by atoms with E-state index in [0.717, 1.165) is 0 Å². The van der Waals surface area contributed by atoms with Crippen LogP contribution in [0.3, 0.4) is 0 Å². The van der Waals surface area contributed by atoms with Crippen LogP contribution in [0.2, 0.25) is 0 Å². The normalized spacial score (nSPS) is 16.3. The standard InChI is InChI=1S/2C24H32N3O9P.C4H8O.C2H6OS/c2*1-13(2)9-15(11-20(28)18-12-16-17(26-18)5-4-6-21(16)35-3)23(30)27-19(24(31)36-37(32,33)34)10-14-7-8-25-22(14)29;1-3-4(2)5;1-4(2)3/h2*4-6,12-15,19,26H,7-11H2,1-3H3,(H,25,29)(H,27,30)(H2,32,33,34);3H2,1-2H3;1-2H3/t2*14-,15+,19-;;/m00../s1. The molecule has 4 aromatic rings. The quantitative estimate of drug-likeness (QED) is 0.0305. The fourth-order valence-electron chi connectivity index (χ4n) is 8.96. The van der Waals surface area contributed by atoms with E-state index >= 15 is 0 Å². The van der Waals surface area contributed by atoms with Crippen molar-refractivity contribution in [2.45, 2.75) is 111 Å². The highest BCUT2D eigenvalue weighted by Crippen LogP contribution is 2.38. The fourth-order valence-corrected chi connectivity index (χ4v) is 9.68. The molecule has 10 N–H and O–H groups in total. The van der Waals surface area contributed by atoms with E-state index in [1.54, 1.807) is 68.0 Å². The molecule has 26 nitrogen and oxygen atoms in total. The summed E-state index contributed by atoms with van der Waals surface area (Å²) >= 11 is 0. The van der Waals surface area contributed by atoms with Gasteiger partial charge in [-0.15, -0.1) is 0 Å². The SMILES string of the molecule is CCC(C)=O.COc1cccc2[nH]c(C(=O)C[C@@H](CC(C)C)C(=O)N[C@@H](C[C@@H]3CCNC3=O)C(=O)OP(=O)(O)O)cc12.COc1cccc2[nH]c(C(=O)C[C@@H](CC(C)C)C(=O)N[C@@H](C[C@@H]3CCNC3=O)C(=O)OP(=O)(O)O)cc12.CS(C)=O. The second-order valence-electron chi connectivity index (χ2n) is 20.9. The number of ether oxygens (including phenoxy) is 2. The average Bonchev–Trinajstić information content (AvgIpc) is 4.32. The smallest absolute Gasteiger partial charge is 0.496 e. The van der Waals surface area contributed by atoms with Crippen molar-refractivity contribution in [1.82, 2.24) is 31.2 Å². The zero-order valence-electron chi connectivity index (χ0n) is 48.1. The number of benzene rings is 2. The number of H-pyrrole nitrogens is 2. The van der Waals surface area contributed by atoms with Crippen molar-refractivity contribution in [3.05, 3.63) is 59.9 Å². The van der Waals surface area contributed by atoms with Gasteiger partial charge in [-0.2, -0.15) is 0 Å². The van der Waals surface area contributed by atoms with E-state index in [2.05, 4.69) is 40.3 Å². The van der Waals surface area contributed by atoms with Crippen LogP contribution in [0, 0.1) is 35.5 Å². The van der Waals surface area contributed by atoms with Crippen molar-refractivity contribution in [3.8, 4) is 11.5 Å². The molecule has 460 valence electrons. The van der Waals surface area contributed by atoms with Gasteiger partial charge < -0.3 is 54.6 Å². The minimum absolute atomic E-state index is 0.0208. The number of carbonyl (C=O) groups is 9. The Morgan fingerprint density at radius 1 is 0.651 bits per heavy atom. The van der Waals surface area contributed by atoms with Gasteiger partial charge in [0.05, 0.1) is 25.6 Å². The summed E-state index contributed by atoms with van der Waals surface area (Å²) in [5, 5.41) is 11.6. The van der Waals surface area contributed by atoms with E-state index in [0.29, 0.717) is 89.9 Å². The zero-order chi connectivity index (χ0) is 62.5. The molecule has 6 rings (SSSR count). The van der Waals surface area contributed by atoms with E-state index in [1.165, 1.54) is 14.2 Å². The van der Waals surface area contributed by atoms with E-state index in [1.807, 2.05) is 34.6 Å². The highest BCUT2D eigenvalue weighted by atomic mass is 32.2. The highest BCUT2D eigenvalue weighted by molar-refractivity contribution is 7.83. The predicted octanol–water partition coefficient (Wildman–Crippen LogP) is 5.10. The summed E-state index contributed by atoms with van der Waals surface area (Å²) in [5.41, 5.74) is 1.98. The zero-order valence-corrected chi connectivity index (χ0v) is 50.7. The molecule has 2 aliphatic heterocycles. The number of nitrogens with one attached hydrogen (secondary N) is 6. The van der Waals surface area contributed by atoms with Crippen molar-refractivity contribution in [2.24, 2.45) is 35.5 Å². The number of amides is 4. The highest BCUT2D eigenvalue weighted by Gasteiger charge is 2.39. The van der Waals surface area contributed by atoms with E-state index in [9.17, 15) is 56.5 Å². The maximum absolute atomic E-state index is 13.3. The van der Waals surface area contributed by atoms with Crippen molar-refractivity contribution in [3.63, 3.8) is 0 Å². The van der Waals surface area contributed by atoms with Gasteiger partial charge in [0.25, 0.3) is 0 Å². The Morgan fingerprint density at radius 3 is 1.25 bits per heavy atom. The lowest BCUT2D eigenvalue weighted by Gasteiger charge is -2.23. The van der Waals surface area contributed by atoms with Crippen LogP contribution in [0.5, 0.6) is 11.5 Å². The molecule has 0 unspecified atom stereocenters. The molecule has 2 aromatic carbocycles. The van der Waals surface area contributed by atoms with Gasteiger partial charge in [0, 0.05) is 101 Å². The predicted molar refractivity (Wildman–Crippen MR) is 306 cm³/mol. The largest absolute Gasteiger partial charge is 0.527 e. The first-order chi connectivity index (χ1) is 38.7. The van der Waals surface area contributed by atoms with Gasteiger partial charge in [-0.25, -0.2) is 18.7 Å². The summed E-state index contributed by atoms with van der Waals surface area (Å²) in [4.78, 5) is 154. The Hall–Kier alpha value is -6.60. The van der Waals surface area contributed by atoms with Crippen molar-refractivity contribution < 1.29 is 94.6 Å². The first kappa shape index (κ1) is 70.7. The average molecular weight is 1230 g/mol. The third-order valence-corrected chi connectivity index (χ3v) is 13.7. The molecule has 29 heteroatoms. The number of Topliss-reactive ketones (excluding diaryl/α,β-unsaturated/α-hetero) is 3. The lowest BCUT2D eigenvalue weighted by atomic mass is 9.90. The van der Waals surface area contributed by atoms with Gasteiger partial charge in [-0.05, 0) is 93.7 Å². The number of methoxy groups -OCH3 is 2. The molecule has 2 aromatic heterocycles. The number of phosphoric ester groups is 2. The number of carbonyl (C=O) groups excluding carboxylic acids is 9. The molecule has 83 heavy (non-hydrogen) atoms. The van der Waals surface area contributed by atoms with Crippen LogP contribution in [-0.4, -0.2) is 139 Å². The molecule has 2 fully saturated rings. The first-order valence-electron chi connectivity index (χ1n) is 26.6. The van der Waals surface area contributed by atoms with Crippen LogP contribution < -0.4 is 30.7 Å². The fraction of sp³-hybridized carbons (Fsp3) is 0.537. The number of ketones is 3. The minimum atomic E-state index is -5.18. The van der Waals surface area contributed by atoms with Crippen LogP contribution >= 0.6 is 15.6 Å². The molecule has 4 heterocycles. The van der Waals surface area contributed by atoms with Gasteiger partial charge in [-0.3, -0.25) is 52.5 Å². The monoisotopic (exact) mass is 1220 g/mol. The van der Waals surface area contributed by atoms with E-state index in [4.69, 9.17) is 29.0 Å². The topological polar surface area (TPSA) is 402 Å². The third-order valence-electron chi connectivity index (χ3n) is 12.9. The number of aromatic nitrogens is 2. The molecule has 0 aliphatic carbocycles. The second kappa shape index (κ2) is 33.0. The second-order valence-corrected chi connectivity index (χ2v) is 24.7. The molecule has 0 spiro atoms. The number of phosphoric acid groups is 2. The molecular formula is C54H78N6O20P2S. The summed E-state index contributed by atoms with van der Waals surface area (Å²) in [6.07, 6.45) is 4.61. The lowest BCUT2D eigenvalue weighted by molar-refractivity contribution is -0.142. The lowest BCUT2D eigenvalue weighted by Crippen LogP contribution is -2.46. The number of rotatable bonds is 25. The summed E-state index contributed by atoms with van der Waals surface area (Å²) in [6, 6.07) is 11.0. The van der Waals surface area contributed by atoms with Gasteiger partial charge in [-0.1, -0.05) is 46.8 Å². The van der Waals surface area contributed by atoms with Gasteiger partial charge in [0.1, 0.15) is 29.4 Å². The number of hydrogen-bond donors (Lipinski definition) is 10. The Balaban J connectivity index is 0.000000379. The molecule has 0 bridgehead atoms. The maximum Gasteiger partial charge on any atom is 0.527 e. The summed E-state index contributed by atoms with van der Waals surface area (Å²) in [5.74, 6) is -6.80. The van der Waals surface area contributed by atoms with Gasteiger partial charge >= 0.3 is 27.6 Å². The summed E-state index contributed by atoms with van der Waals surface area (Å²) in [6.45, 7) is 11.7. The molecule has 0 radical (unpaired) electrons. The maximum atomic E-state index is 13.3. The Morgan fingerprint density at radius 2 is 0.988 bits per heavy atom. The van der Waals surface area contributed by atoms with E-state index in [-0.39, 0.29) is 66.7 Å². The number of hydrogen-bond acceptors (Lipinski definition) is 16. The Kier molecular flexibility index (Phi) is 28.1. The van der Waals surface area contributed by atoms with Crippen LogP contribution in [0.15, 0.2) is 48.5 Å².